The van der Waals surface area contributed by atoms with Gasteiger partial charge in [-0.1, -0.05) is 0 Å². The van der Waals surface area contributed by atoms with Gasteiger partial charge < -0.3 is 14.8 Å². The lowest BCUT2D eigenvalue weighted by atomic mass is 9.97. The number of nitrogens with zero attached hydrogens (tertiary/aromatic N) is 1. The van der Waals surface area contributed by atoms with E-state index in [2.05, 4.69) is 5.32 Å². The Kier molecular flexibility index (Phi) is 6.46. The van der Waals surface area contributed by atoms with Crippen LogP contribution in [0.25, 0.3) is 0 Å². The van der Waals surface area contributed by atoms with E-state index in [9.17, 15) is 9.59 Å². The minimum Gasteiger partial charge on any atom is -0.487 e. The van der Waals surface area contributed by atoms with Crippen LogP contribution in [0.5, 0.6) is 5.75 Å². The molecule has 1 saturated heterocycles. The summed E-state index contributed by atoms with van der Waals surface area (Å²) in [6, 6.07) is 6.57. The van der Waals surface area contributed by atoms with Gasteiger partial charge in [0.1, 0.15) is 12.4 Å². The largest absolute Gasteiger partial charge is 0.487 e. The van der Waals surface area contributed by atoms with Crippen molar-refractivity contribution in [1.29, 1.82) is 0 Å². The number of carbonyl (C=O) groups excluding carboxylic acids is 2. The molecule has 0 amide bonds. The van der Waals surface area contributed by atoms with E-state index in [4.69, 9.17) is 14.5 Å². The zero-order valence-electron chi connectivity index (χ0n) is 16.5. The summed E-state index contributed by atoms with van der Waals surface area (Å²) in [5, 5.41) is 6.59. The second-order valence-electron chi connectivity index (χ2n) is 7.94. The second-order valence-corrected chi connectivity index (χ2v) is 8.83. The highest BCUT2D eigenvalue weighted by Crippen LogP contribution is 2.28. The average molecular weight is 403 g/mol. The Bertz CT molecular complexity index is 818. The lowest BCUT2D eigenvalue weighted by molar-refractivity contribution is -0.146. The topological polar surface area (TPSA) is 77.5 Å². The van der Waals surface area contributed by atoms with E-state index in [0.29, 0.717) is 23.8 Å². The fraction of sp³-hybridized carbons (Fsp3) is 0.476. The monoisotopic (exact) mass is 402 g/mol. The number of rotatable bonds is 5. The first kappa shape index (κ1) is 20.5. The first-order valence-corrected chi connectivity index (χ1v) is 10.4. The van der Waals surface area contributed by atoms with Crippen LogP contribution in [-0.2, 0) is 16.1 Å². The molecule has 0 radical (unpaired) electrons. The third-order valence-electron chi connectivity index (χ3n) is 4.53. The minimum atomic E-state index is -0.723. The average Bonchev–Trinajstić information content (AvgIpc) is 3.16. The number of ether oxygens (including phenoxy) is 2. The number of aromatic nitrogens is 1. The first-order valence-electron chi connectivity index (χ1n) is 9.47. The molecule has 0 spiro atoms. The molecule has 0 unspecified atom stereocenters. The molecule has 28 heavy (non-hydrogen) atoms. The molecule has 1 fully saturated rings. The van der Waals surface area contributed by atoms with Crippen molar-refractivity contribution in [2.75, 3.05) is 13.1 Å². The molecule has 6 nitrogen and oxygen atoms in total. The Hall–Kier alpha value is -2.25. The number of thiazole rings is 1. The van der Waals surface area contributed by atoms with Crippen LogP contribution in [0.1, 0.15) is 60.6 Å². The van der Waals surface area contributed by atoms with Gasteiger partial charge in [0.15, 0.2) is 0 Å². The summed E-state index contributed by atoms with van der Waals surface area (Å²) < 4.78 is 10.7. The number of nitrogens with one attached hydrogen (secondary N) is 1. The molecule has 0 aliphatic carbocycles. The summed E-state index contributed by atoms with van der Waals surface area (Å²) in [4.78, 5) is 28.6. The van der Waals surface area contributed by atoms with Crippen LogP contribution >= 0.6 is 11.3 Å². The molecule has 7 heteroatoms. The maximum absolute atomic E-state index is 12.0. The lowest BCUT2D eigenvalue weighted by Gasteiger charge is -2.20. The predicted molar refractivity (Wildman–Crippen MR) is 108 cm³/mol. The fourth-order valence-corrected chi connectivity index (χ4v) is 3.76. The summed E-state index contributed by atoms with van der Waals surface area (Å²) >= 11 is 1.69. The summed E-state index contributed by atoms with van der Waals surface area (Å²) in [5.41, 5.74) is 0.503. The van der Waals surface area contributed by atoms with Gasteiger partial charge in [-0.15, -0.1) is 11.3 Å². The second kappa shape index (κ2) is 8.84. The normalized spacial score (nSPS) is 15.2. The van der Waals surface area contributed by atoms with Gasteiger partial charge in [0, 0.05) is 11.3 Å². The number of benzene rings is 1. The number of esters is 2. The van der Waals surface area contributed by atoms with Crippen LogP contribution in [0.4, 0.5) is 0 Å². The lowest BCUT2D eigenvalue weighted by Crippen LogP contribution is -2.26. The van der Waals surface area contributed by atoms with Crippen molar-refractivity contribution in [2.24, 2.45) is 5.41 Å². The zero-order valence-corrected chi connectivity index (χ0v) is 17.3. The number of hydrogen-bond donors (Lipinski definition) is 1. The van der Waals surface area contributed by atoms with Crippen LogP contribution in [0.2, 0.25) is 0 Å². The van der Waals surface area contributed by atoms with Gasteiger partial charge in [0.05, 0.1) is 21.7 Å². The molecular weight excluding hydrogens is 376 g/mol. The van der Waals surface area contributed by atoms with Gasteiger partial charge in [-0.2, -0.15) is 0 Å². The summed E-state index contributed by atoms with van der Waals surface area (Å²) in [5.74, 6) is -0.0280. The number of carbonyl (C=O) groups is 2. The van der Waals surface area contributed by atoms with E-state index in [-0.39, 0.29) is 0 Å². The molecule has 1 aliphatic rings. The molecule has 1 aromatic heterocycles. The highest BCUT2D eigenvalue weighted by atomic mass is 32.1. The van der Waals surface area contributed by atoms with Crippen molar-refractivity contribution in [3.63, 3.8) is 0 Å². The molecule has 1 aromatic carbocycles. The van der Waals surface area contributed by atoms with Gasteiger partial charge in [-0.05, 0) is 71.0 Å². The Morgan fingerprint density at radius 3 is 2.50 bits per heavy atom. The van der Waals surface area contributed by atoms with Gasteiger partial charge in [0.2, 0.25) is 0 Å². The zero-order chi connectivity index (χ0) is 20.1. The highest BCUT2D eigenvalue weighted by molar-refractivity contribution is 7.09. The third-order valence-corrected chi connectivity index (χ3v) is 5.59. The van der Waals surface area contributed by atoms with Crippen LogP contribution in [-0.4, -0.2) is 30.0 Å². The van der Waals surface area contributed by atoms with E-state index >= 15 is 0 Å². The third kappa shape index (κ3) is 5.39. The fourth-order valence-electron chi connectivity index (χ4n) is 2.79. The van der Waals surface area contributed by atoms with E-state index < -0.39 is 17.4 Å². The maximum Gasteiger partial charge on any atom is 0.345 e. The quantitative estimate of drug-likeness (QED) is 0.603. The van der Waals surface area contributed by atoms with Gasteiger partial charge in [-0.3, -0.25) is 4.79 Å². The smallest absolute Gasteiger partial charge is 0.345 e. The number of hydrogen-bond acceptors (Lipinski definition) is 7. The van der Waals surface area contributed by atoms with E-state index in [0.717, 1.165) is 31.6 Å². The summed E-state index contributed by atoms with van der Waals surface area (Å²) in [6.45, 7) is 7.59. The highest BCUT2D eigenvalue weighted by Gasteiger charge is 2.26. The van der Waals surface area contributed by atoms with Crippen LogP contribution < -0.4 is 10.1 Å². The van der Waals surface area contributed by atoms with Crippen molar-refractivity contribution in [3.8, 4) is 5.75 Å². The Morgan fingerprint density at radius 2 is 1.86 bits per heavy atom. The van der Waals surface area contributed by atoms with Gasteiger partial charge >= 0.3 is 11.9 Å². The Morgan fingerprint density at radius 1 is 1.18 bits per heavy atom. The van der Waals surface area contributed by atoms with Crippen molar-refractivity contribution in [3.05, 3.63) is 45.9 Å². The van der Waals surface area contributed by atoms with Crippen LogP contribution in [0, 0.1) is 5.41 Å². The molecule has 1 aliphatic heterocycles. The molecular formula is C21H26N2O4S. The van der Waals surface area contributed by atoms with E-state index in [1.165, 1.54) is 5.01 Å². The molecule has 2 heterocycles. The van der Waals surface area contributed by atoms with Gasteiger partial charge in [-0.25, -0.2) is 9.78 Å². The standard InChI is InChI=1S/C21H26N2O4S/c1-21(2,3)20(25)27-19(24)15-4-6-17(7-5-15)26-12-16-13-28-18(23-16)14-8-10-22-11-9-14/h4-7,13-14,22H,8-12H2,1-3H3. The maximum atomic E-state index is 12.0. The molecule has 0 saturated carbocycles. The van der Waals surface area contributed by atoms with Crippen LogP contribution in [0.3, 0.4) is 0 Å². The Labute approximate surface area is 169 Å². The van der Waals surface area contributed by atoms with E-state index in [1.807, 2.05) is 5.38 Å². The summed E-state index contributed by atoms with van der Waals surface area (Å²) in [7, 11) is 0. The molecule has 2 aromatic rings. The predicted octanol–water partition coefficient (Wildman–Crippen LogP) is 3.92. The van der Waals surface area contributed by atoms with E-state index in [1.54, 1.807) is 56.4 Å². The summed E-state index contributed by atoms with van der Waals surface area (Å²) in [6.07, 6.45) is 2.26. The van der Waals surface area contributed by atoms with Crippen molar-refractivity contribution >= 4 is 23.3 Å². The molecule has 3 rings (SSSR count). The molecule has 0 bridgehead atoms. The first-order chi connectivity index (χ1) is 13.3. The SMILES string of the molecule is CC(C)(C)C(=O)OC(=O)c1ccc(OCc2csc(C3CCNCC3)n2)cc1. The number of piperidine rings is 1. The minimum absolute atomic E-state index is 0.312. The van der Waals surface area contributed by atoms with Crippen molar-refractivity contribution in [2.45, 2.75) is 46.1 Å². The van der Waals surface area contributed by atoms with Crippen molar-refractivity contribution < 1.29 is 19.1 Å². The molecule has 1 N–H and O–H groups in total. The molecule has 150 valence electrons. The Balaban J connectivity index is 1.52. The van der Waals surface area contributed by atoms with Crippen molar-refractivity contribution in [1.82, 2.24) is 10.3 Å². The molecule has 0 atom stereocenters. The van der Waals surface area contributed by atoms with Gasteiger partial charge in [0.25, 0.3) is 0 Å². The van der Waals surface area contributed by atoms with Crippen LogP contribution in [0.15, 0.2) is 29.6 Å².